The minimum Gasteiger partial charge on any atom is -0.481 e. The van der Waals surface area contributed by atoms with Gasteiger partial charge in [-0.1, -0.05) is 22.0 Å². The van der Waals surface area contributed by atoms with Crippen molar-refractivity contribution in [1.82, 2.24) is 5.32 Å². The van der Waals surface area contributed by atoms with Crippen LogP contribution in [0.15, 0.2) is 22.7 Å². The number of benzene rings is 1. The number of nitrogens with one attached hydrogen (secondary N) is 1. The van der Waals surface area contributed by atoms with Crippen molar-refractivity contribution in [2.24, 2.45) is 0 Å². The van der Waals surface area contributed by atoms with Crippen molar-refractivity contribution in [1.29, 1.82) is 0 Å². The van der Waals surface area contributed by atoms with Crippen molar-refractivity contribution in [3.05, 3.63) is 33.8 Å². The molecule has 0 heterocycles. The molecule has 5 heteroatoms. The second-order valence-electron chi connectivity index (χ2n) is 5.50. The van der Waals surface area contributed by atoms with Crippen LogP contribution in [0, 0.1) is 6.92 Å². The Labute approximate surface area is 126 Å². The van der Waals surface area contributed by atoms with Crippen LogP contribution >= 0.6 is 15.9 Å². The highest BCUT2D eigenvalue weighted by atomic mass is 79.9. The molecule has 20 heavy (non-hydrogen) atoms. The van der Waals surface area contributed by atoms with Gasteiger partial charge in [-0.15, -0.1) is 0 Å². The van der Waals surface area contributed by atoms with E-state index >= 15 is 0 Å². The molecule has 0 saturated heterocycles. The third-order valence-corrected chi connectivity index (χ3v) is 4.35. The molecule has 0 unspecified atom stereocenters. The van der Waals surface area contributed by atoms with E-state index < -0.39 is 11.5 Å². The van der Waals surface area contributed by atoms with Crippen LogP contribution < -0.4 is 5.32 Å². The van der Waals surface area contributed by atoms with Gasteiger partial charge in [0, 0.05) is 4.47 Å². The first-order chi connectivity index (χ1) is 9.40. The summed E-state index contributed by atoms with van der Waals surface area (Å²) in [4.78, 5) is 23.0. The SMILES string of the molecule is Cc1cc(Br)ccc1CC(=O)NC1(CC(=O)O)CCC1. The van der Waals surface area contributed by atoms with Crippen LogP contribution in [-0.2, 0) is 16.0 Å². The lowest BCUT2D eigenvalue weighted by Gasteiger charge is -2.41. The van der Waals surface area contributed by atoms with Gasteiger partial charge in [-0.2, -0.15) is 0 Å². The summed E-state index contributed by atoms with van der Waals surface area (Å²) in [6, 6.07) is 5.80. The molecular weight excluding hydrogens is 322 g/mol. The summed E-state index contributed by atoms with van der Waals surface area (Å²) < 4.78 is 0.987. The molecule has 0 aliphatic heterocycles. The number of hydrogen-bond donors (Lipinski definition) is 2. The van der Waals surface area contributed by atoms with E-state index in [-0.39, 0.29) is 12.3 Å². The molecule has 0 radical (unpaired) electrons. The topological polar surface area (TPSA) is 66.4 Å². The standard InChI is InChI=1S/C15H18BrNO3/c1-10-7-12(16)4-3-11(10)8-13(18)17-15(5-2-6-15)9-14(19)20/h3-4,7H,2,5-6,8-9H2,1H3,(H,17,18)(H,19,20). The predicted molar refractivity (Wildman–Crippen MR) is 79.6 cm³/mol. The quantitative estimate of drug-likeness (QED) is 0.866. The Balaban J connectivity index is 1.99. The third kappa shape index (κ3) is 3.60. The van der Waals surface area contributed by atoms with E-state index in [9.17, 15) is 9.59 Å². The maximum absolute atomic E-state index is 12.1. The Morgan fingerprint density at radius 1 is 1.40 bits per heavy atom. The van der Waals surface area contributed by atoms with E-state index in [4.69, 9.17) is 5.11 Å². The highest BCUT2D eigenvalue weighted by molar-refractivity contribution is 9.10. The van der Waals surface area contributed by atoms with Crippen LogP contribution in [0.2, 0.25) is 0 Å². The van der Waals surface area contributed by atoms with Gasteiger partial charge in [-0.3, -0.25) is 9.59 Å². The van der Waals surface area contributed by atoms with Gasteiger partial charge in [-0.25, -0.2) is 0 Å². The number of hydrogen-bond acceptors (Lipinski definition) is 2. The number of carbonyl (C=O) groups is 2. The maximum Gasteiger partial charge on any atom is 0.305 e. The van der Waals surface area contributed by atoms with E-state index in [0.29, 0.717) is 6.42 Å². The van der Waals surface area contributed by atoms with Crippen LogP contribution in [0.25, 0.3) is 0 Å². The van der Waals surface area contributed by atoms with E-state index in [2.05, 4.69) is 21.2 Å². The average Bonchev–Trinajstić information content (AvgIpc) is 2.29. The fraction of sp³-hybridized carbons (Fsp3) is 0.467. The smallest absolute Gasteiger partial charge is 0.305 e. The predicted octanol–water partition coefficient (Wildman–Crippen LogP) is 2.81. The molecule has 1 aliphatic carbocycles. The van der Waals surface area contributed by atoms with Crippen molar-refractivity contribution in [2.75, 3.05) is 0 Å². The van der Waals surface area contributed by atoms with Gasteiger partial charge in [-0.05, 0) is 49.4 Å². The summed E-state index contributed by atoms with van der Waals surface area (Å²) >= 11 is 3.39. The third-order valence-electron chi connectivity index (χ3n) is 3.86. The van der Waals surface area contributed by atoms with Gasteiger partial charge in [0.25, 0.3) is 0 Å². The lowest BCUT2D eigenvalue weighted by molar-refractivity contribution is -0.140. The summed E-state index contributed by atoms with van der Waals surface area (Å²) in [7, 11) is 0. The van der Waals surface area contributed by atoms with E-state index in [1.807, 2.05) is 25.1 Å². The zero-order valence-electron chi connectivity index (χ0n) is 11.4. The molecule has 1 amide bonds. The molecule has 1 saturated carbocycles. The second-order valence-corrected chi connectivity index (χ2v) is 6.42. The van der Waals surface area contributed by atoms with Crippen LogP contribution in [0.1, 0.15) is 36.8 Å². The molecule has 2 N–H and O–H groups in total. The zero-order chi connectivity index (χ0) is 14.8. The van der Waals surface area contributed by atoms with Gasteiger partial charge in [0.15, 0.2) is 0 Å². The van der Waals surface area contributed by atoms with Gasteiger partial charge >= 0.3 is 5.97 Å². The van der Waals surface area contributed by atoms with Crippen LogP contribution in [0.3, 0.4) is 0 Å². The highest BCUT2D eigenvalue weighted by Crippen LogP contribution is 2.35. The van der Waals surface area contributed by atoms with Crippen molar-refractivity contribution >= 4 is 27.8 Å². The number of halogens is 1. The molecule has 2 rings (SSSR count). The summed E-state index contributed by atoms with van der Waals surface area (Å²) in [5.41, 5.74) is 1.50. The average molecular weight is 340 g/mol. The van der Waals surface area contributed by atoms with Gasteiger partial charge in [0.05, 0.1) is 18.4 Å². The molecule has 1 fully saturated rings. The summed E-state index contributed by atoms with van der Waals surface area (Å²) in [5, 5.41) is 11.9. The first-order valence-corrected chi connectivity index (χ1v) is 7.47. The largest absolute Gasteiger partial charge is 0.481 e. The molecule has 1 aliphatic rings. The number of carboxylic acids is 1. The second kappa shape index (κ2) is 5.95. The van der Waals surface area contributed by atoms with E-state index in [0.717, 1.165) is 34.9 Å². The number of amides is 1. The normalized spacial score (nSPS) is 16.3. The van der Waals surface area contributed by atoms with Crippen LogP contribution in [0.4, 0.5) is 0 Å². The van der Waals surface area contributed by atoms with Gasteiger partial charge < -0.3 is 10.4 Å². The zero-order valence-corrected chi connectivity index (χ0v) is 13.0. The fourth-order valence-corrected chi connectivity index (χ4v) is 3.09. The van der Waals surface area contributed by atoms with Gasteiger partial charge in [0.2, 0.25) is 5.91 Å². The van der Waals surface area contributed by atoms with E-state index in [1.54, 1.807) is 0 Å². The highest BCUT2D eigenvalue weighted by Gasteiger charge is 2.40. The Bertz CT molecular complexity index is 538. The molecule has 0 spiro atoms. The minimum absolute atomic E-state index is 0.0120. The Morgan fingerprint density at radius 2 is 2.10 bits per heavy atom. The number of carboxylic acid groups (broad SMARTS) is 1. The molecule has 108 valence electrons. The van der Waals surface area contributed by atoms with Crippen molar-refractivity contribution in [3.8, 4) is 0 Å². The van der Waals surface area contributed by atoms with E-state index in [1.165, 1.54) is 0 Å². The Morgan fingerprint density at radius 3 is 2.60 bits per heavy atom. The first-order valence-electron chi connectivity index (χ1n) is 6.68. The summed E-state index contributed by atoms with van der Waals surface area (Å²) in [6.07, 6.45) is 2.79. The number of aryl methyl sites for hydroxylation is 1. The monoisotopic (exact) mass is 339 g/mol. The molecule has 0 aromatic heterocycles. The molecular formula is C15H18BrNO3. The van der Waals surface area contributed by atoms with Crippen molar-refractivity contribution in [2.45, 2.75) is 44.6 Å². The van der Waals surface area contributed by atoms with Crippen molar-refractivity contribution in [3.63, 3.8) is 0 Å². The lowest BCUT2D eigenvalue weighted by atomic mass is 9.74. The van der Waals surface area contributed by atoms with Crippen LogP contribution in [0.5, 0.6) is 0 Å². The summed E-state index contributed by atoms with van der Waals surface area (Å²) in [6.45, 7) is 1.96. The Hall–Kier alpha value is -1.36. The molecule has 1 aromatic rings. The van der Waals surface area contributed by atoms with Crippen LogP contribution in [-0.4, -0.2) is 22.5 Å². The number of aliphatic carboxylic acids is 1. The Kier molecular flexibility index (Phi) is 4.48. The van der Waals surface area contributed by atoms with Crippen molar-refractivity contribution < 1.29 is 14.7 Å². The molecule has 0 bridgehead atoms. The molecule has 1 aromatic carbocycles. The maximum atomic E-state index is 12.1. The molecule has 4 nitrogen and oxygen atoms in total. The fourth-order valence-electron chi connectivity index (χ4n) is 2.61. The first kappa shape index (κ1) is 15.0. The minimum atomic E-state index is -0.857. The number of carbonyl (C=O) groups excluding carboxylic acids is 1. The summed E-state index contributed by atoms with van der Waals surface area (Å²) in [5.74, 6) is -0.957. The number of rotatable bonds is 5. The van der Waals surface area contributed by atoms with Gasteiger partial charge in [0.1, 0.15) is 0 Å². The lowest BCUT2D eigenvalue weighted by Crippen LogP contribution is -2.55. The molecule has 0 atom stereocenters.